The molecule has 1 heterocycles. The van der Waals surface area contributed by atoms with Gasteiger partial charge in [0.1, 0.15) is 23.2 Å². The Hall–Kier alpha value is -4.46. The highest BCUT2D eigenvalue weighted by Crippen LogP contribution is 2.32. The van der Waals surface area contributed by atoms with Crippen molar-refractivity contribution in [1.29, 1.82) is 0 Å². The largest absolute Gasteiger partial charge is 0.493 e. The summed E-state index contributed by atoms with van der Waals surface area (Å²) in [6.45, 7) is 21.9. The Morgan fingerprint density at radius 1 is 1.06 bits per heavy atom. The second-order valence-electron chi connectivity index (χ2n) is 11.3. The first kappa shape index (κ1) is 38.7. The molecule has 8 heteroatoms. The van der Waals surface area contributed by atoms with Crippen molar-refractivity contribution >= 4 is 18.0 Å². The monoisotopic (exact) mass is 643 g/mol. The summed E-state index contributed by atoms with van der Waals surface area (Å²) in [7, 11) is 0. The summed E-state index contributed by atoms with van der Waals surface area (Å²) in [5.74, 6) is 0.897. The maximum atomic E-state index is 14.2. The van der Waals surface area contributed by atoms with E-state index in [1.54, 1.807) is 50.4 Å². The Balaban J connectivity index is 2.74. The van der Waals surface area contributed by atoms with Gasteiger partial charge in [0.2, 0.25) is 6.10 Å². The fourth-order valence-corrected chi connectivity index (χ4v) is 5.40. The summed E-state index contributed by atoms with van der Waals surface area (Å²) in [4.78, 5) is 36.0. The molecule has 8 nitrogen and oxygen atoms in total. The number of allylic oxidation sites excluding steroid dienone is 5. The Morgan fingerprint density at radius 3 is 2.23 bits per heavy atom. The van der Waals surface area contributed by atoms with Crippen LogP contribution in [0.15, 0.2) is 76.8 Å². The van der Waals surface area contributed by atoms with Crippen LogP contribution in [0.1, 0.15) is 101 Å². The van der Waals surface area contributed by atoms with E-state index in [0.717, 1.165) is 48.1 Å². The standard InChI is InChI=1S/C39H53N3O5/c1-10-17-21-30(14-5)37(39(44)45)47-36-31(19-12-3)23-29(24-32(36)20-13-4)25-34-35(22-18-11-2)41-28(9)42(38(34)43)27(8)40-26-33(15-6)46-16-7/h10,14-15,17,21,23-24,26,37H,1,8,11-13,16,18-20,22,25H2,2-7,9H3,(H,44,45)/b21-17-,30-14+,33-15+,40-26-. The maximum absolute atomic E-state index is 14.2. The van der Waals surface area contributed by atoms with Gasteiger partial charge in [0.05, 0.1) is 18.5 Å². The number of carboxylic acids is 1. The molecule has 0 bridgehead atoms. The lowest BCUT2D eigenvalue weighted by Crippen LogP contribution is -2.30. The van der Waals surface area contributed by atoms with Crippen LogP contribution >= 0.6 is 0 Å². The number of aryl methyl sites for hydroxylation is 4. The van der Waals surface area contributed by atoms with Gasteiger partial charge >= 0.3 is 5.97 Å². The predicted octanol–water partition coefficient (Wildman–Crippen LogP) is 8.35. The quantitative estimate of drug-likeness (QED) is 0.0884. The lowest BCUT2D eigenvalue weighted by molar-refractivity contribution is -0.143. The summed E-state index contributed by atoms with van der Waals surface area (Å²) < 4.78 is 13.4. The molecule has 1 aromatic heterocycles. The molecule has 0 aliphatic rings. The minimum absolute atomic E-state index is 0.198. The van der Waals surface area contributed by atoms with Gasteiger partial charge in [-0.2, -0.15) is 0 Å². The Bertz CT molecular complexity index is 1550. The number of rotatable bonds is 20. The first-order chi connectivity index (χ1) is 22.6. The van der Waals surface area contributed by atoms with E-state index >= 15 is 0 Å². The van der Waals surface area contributed by atoms with Crippen molar-refractivity contribution in [3.63, 3.8) is 0 Å². The highest BCUT2D eigenvalue weighted by atomic mass is 16.5. The van der Waals surface area contributed by atoms with Crippen molar-refractivity contribution in [2.75, 3.05) is 6.61 Å². The van der Waals surface area contributed by atoms with Crippen molar-refractivity contribution in [3.05, 3.63) is 111 Å². The highest BCUT2D eigenvalue weighted by Gasteiger charge is 2.26. The van der Waals surface area contributed by atoms with E-state index in [1.165, 1.54) is 4.57 Å². The molecular formula is C39H53N3O5. The van der Waals surface area contributed by atoms with Crippen LogP contribution in [-0.4, -0.2) is 39.6 Å². The number of hydrogen-bond acceptors (Lipinski definition) is 6. The van der Waals surface area contributed by atoms with Crippen molar-refractivity contribution in [2.24, 2.45) is 4.99 Å². The molecule has 1 N–H and O–H groups in total. The number of unbranched alkanes of at least 4 members (excludes halogenated alkanes) is 1. The highest BCUT2D eigenvalue weighted by molar-refractivity contribution is 5.79. The van der Waals surface area contributed by atoms with Crippen molar-refractivity contribution < 1.29 is 19.4 Å². The molecule has 0 saturated carbocycles. The SMILES string of the molecule is C=C/C=C\C(=C/C)C(Oc1c(CCC)cc(Cc2c(CCCC)nc(C)n(C(=C)/N=C\C(=C/C)OCC)c2=O)cc1CCC)C(=O)O. The van der Waals surface area contributed by atoms with Gasteiger partial charge < -0.3 is 14.6 Å². The molecule has 0 saturated heterocycles. The number of carbonyl (C=O) groups is 1. The maximum Gasteiger partial charge on any atom is 0.349 e. The Kier molecular flexibility index (Phi) is 16.4. The number of aromatic nitrogens is 2. The molecule has 0 spiro atoms. The van der Waals surface area contributed by atoms with Gasteiger partial charge in [0.15, 0.2) is 0 Å². The Labute approximate surface area is 281 Å². The fraction of sp³-hybridized carbons (Fsp3) is 0.436. The van der Waals surface area contributed by atoms with Crippen molar-refractivity contribution in [1.82, 2.24) is 9.55 Å². The number of carboxylic acid groups (broad SMARTS) is 1. The van der Waals surface area contributed by atoms with E-state index in [9.17, 15) is 14.7 Å². The fourth-order valence-electron chi connectivity index (χ4n) is 5.40. The summed E-state index contributed by atoms with van der Waals surface area (Å²) in [6.07, 6.45) is 14.9. The molecule has 0 aliphatic heterocycles. The zero-order valence-corrected chi connectivity index (χ0v) is 29.4. The van der Waals surface area contributed by atoms with Crippen LogP contribution in [0.4, 0.5) is 0 Å². The predicted molar refractivity (Wildman–Crippen MR) is 193 cm³/mol. The average Bonchev–Trinajstić information content (AvgIpc) is 3.04. The zero-order chi connectivity index (χ0) is 34.9. The van der Waals surface area contributed by atoms with Gasteiger partial charge in [-0.3, -0.25) is 4.79 Å². The van der Waals surface area contributed by atoms with Gasteiger partial charge in [-0.25, -0.2) is 19.3 Å². The van der Waals surface area contributed by atoms with E-state index in [2.05, 4.69) is 38.9 Å². The molecule has 47 heavy (non-hydrogen) atoms. The minimum Gasteiger partial charge on any atom is -0.493 e. The van der Waals surface area contributed by atoms with Crippen LogP contribution in [0.5, 0.6) is 5.75 Å². The normalized spacial score (nSPS) is 12.9. The van der Waals surface area contributed by atoms with Gasteiger partial charge in [-0.15, -0.1) is 0 Å². The van der Waals surface area contributed by atoms with Crippen LogP contribution in [0, 0.1) is 6.92 Å². The van der Waals surface area contributed by atoms with Gasteiger partial charge in [0.25, 0.3) is 5.56 Å². The number of nitrogens with zero attached hydrogens (tertiary/aromatic N) is 3. The van der Waals surface area contributed by atoms with Crippen LogP contribution in [0.25, 0.3) is 5.82 Å². The zero-order valence-electron chi connectivity index (χ0n) is 29.4. The van der Waals surface area contributed by atoms with E-state index in [4.69, 9.17) is 14.5 Å². The molecule has 0 radical (unpaired) electrons. The number of benzene rings is 1. The molecule has 2 aromatic rings. The molecule has 0 amide bonds. The minimum atomic E-state index is -1.18. The van der Waals surface area contributed by atoms with E-state index in [-0.39, 0.29) is 11.4 Å². The molecule has 0 fully saturated rings. The van der Waals surface area contributed by atoms with E-state index in [1.807, 2.05) is 26.0 Å². The van der Waals surface area contributed by atoms with E-state index in [0.29, 0.717) is 60.8 Å². The lowest BCUT2D eigenvalue weighted by atomic mass is 9.94. The summed E-state index contributed by atoms with van der Waals surface area (Å²) in [5, 5.41) is 10.2. The lowest BCUT2D eigenvalue weighted by Gasteiger charge is -2.23. The smallest absolute Gasteiger partial charge is 0.349 e. The first-order valence-electron chi connectivity index (χ1n) is 16.7. The molecule has 2 rings (SSSR count). The third kappa shape index (κ3) is 10.8. The molecule has 1 unspecified atom stereocenters. The number of aliphatic carboxylic acids is 1. The van der Waals surface area contributed by atoms with Crippen LogP contribution in [0.2, 0.25) is 0 Å². The van der Waals surface area contributed by atoms with E-state index < -0.39 is 12.1 Å². The topological polar surface area (TPSA) is 103 Å². The number of aliphatic imine (C=N–C) groups is 1. The van der Waals surface area contributed by atoms with Crippen LogP contribution in [-0.2, 0) is 35.2 Å². The summed E-state index contributed by atoms with van der Waals surface area (Å²) in [6, 6.07) is 4.10. The first-order valence-corrected chi connectivity index (χ1v) is 16.7. The second-order valence-corrected chi connectivity index (χ2v) is 11.3. The molecule has 1 atom stereocenters. The van der Waals surface area contributed by atoms with Gasteiger partial charge in [-0.05, 0) is 81.7 Å². The van der Waals surface area contributed by atoms with Crippen molar-refractivity contribution in [3.8, 4) is 5.75 Å². The summed E-state index contributed by atoms with van der Waals surface area (Å²) in [5.41, 5.74) is 4.49. The van der Waals surface area contributed by atoms with Gasteiger partial charge in [-0.1, -0.05) is 89.6 Å². The molecule has 0 aliphatic carbocycles. The van der Waals surface area contributed by atoms with Crippen molar-refractivity contribution in [2.45, 2.75) is 106 Å². The molecule has 1 aromatic carbocycles. The van der Waals surface area contributed by atoms with Crippen LogP contribution in [0.3, 0.4) is 0 Å². The average molecular weight is 644 g/mol. The number of hydrogen-bond donors (Lipinski definition) is 1. The third-order valence-electron chi connectivity index (χ3n) is 7.63. The number of ether oxygens (including phenoxy) is 2. The second kappa shape index (κ2) is 19.9. The van der Waals surface area contributed by atoms with Gasteiger partial charge in [0, 0.05) is 12.0 Å². The molecular weight excluding hydrogens is 590 g/mol. The third-order valence-corrected chi connectivity index (χ3v) is 7.63. The molecule has 254 valence electrons. The van der Waals surface area contributed by atoms with Crippen LogP contribution < -0.4 is 10.3 Å². The Morgan fingerprint density at radius 2 is 1.72 bits per heavy atom. The summed E-state index contributed by atoms with van der Waals surface area (Å²) >= 11 is 0.